The number of nitrogens with one attached hydrogen (secondary N) is 2. The number of nitrogens with zero attached hydrogens (tertiary/aromatic N) is 2. The predicted octanol–water partition coefficient (Wildman–Crippen LogP) is 1.18. The van der Waals surface area contributed by atoms with Crippen LogP contribution in [-0.4, -0.2) is 34.7 Å². The molecule has 1 unspecified atom stereocenters. The third-order valence-electron chi connectivity index (χ3n) is 2.91. The number of hydrogen-bond donors (Lipinski definition) is 2. The number of thiophene rings is 1. The maximum atomic E-state index is 11.7. The highest BCUT2D eigenvalue weighted by Crippen LogP contribution is 2.21. The van der Waals surface area contributed by atoms with Crippen molar-refractivity contribution in [3.63, 3.8) is 0 Å². The minimum absolute atomic E-state index is 0.108. The average Bonchev–Trinajstić information content (AvgIpc) is 3.18. The number of carbonyl (C=O) groups is 2. The molecule has 0 radical (unpaired) electrons. The number of carbonyl (C=O) groups excluding carboxylic acids is 2. The molecule has 2 aromatic heterocycles. The van der Waals surface area contributed by atoms with E-state index in [1.807, 2.05) is 36.7 Å². The first-order chi connectivity index (χ1) is 10.2. The first kappa shape index (κ1) is 15.2. The molecule has 0 aliphatic heterocycles. The highest BCUT2D eigenvalue weighted by molar-refractivity contribution is 7.10. The fourth-order valence-electron chi connectivity index (χ4n) is 1.86. The molecular weight excluding hydrogens is 288 g/mol. The molecule has 2 heterocycles. The monoisotopic (exact) mass is 306 g/mol. The SMILES string of the molecule is CCCNC(=O)C(=O)NCC(c1cccs1)n1cccn1. The normalized spacial score (nSPS) is 11.9. The molecule has 0 aliphatic rings. The molecule has 2 aromatic rings. The Morgan fingerprint density at radius 2 is 2.14 bits per heavy atom. The predicted molar refractivity (Wildman–Crippen MR) is 81.0 cm³/mol. The zero-order chi connectivity index (χ0) is 15.1. The van der Waals surface area contributed by atoms with E-state index in [2.05, 4.69) is 15.7 Å². The Kier molecular flexibility index (Phi) is 5.51. The van der Waals surface area contributed by atoms with Crippen LogP contribution in [0.25, 0.3) is 0 Å². The van der Waals surface area contributed by atoms with Gasteiger partial charge in [-0.15, -0.1) is 11.3 Å². The summed E-state index contributed by atoms with van der Waals surface area (Å²) in [5, 5.41) is 11.4. The van der Waals surface area contributed by atoms with Gasteiger partial charge in [-0.1, -0.05) is 13.0 Å². The van der Waals surface area contributed by atoms with Crippen molar-refractivity contribution in [2.75, 3.05) is 13.1 Å². The van der Waals surface area contributed by atoms with Crippen LogP contribution in [0.3, 0.4) is 0 Å². The van der Waals surface area contributed by atoms with Gasteiger partial charge in [0.2, 0.25) is 0 Å². The highest BCUT2D eigenvalue weighted by atomic mass is 32.1. The van der Waals surface area contributed by atoms with Gasteiger partial charge < -0.3 is 10.6 Å². The summed E-state index contributed by atoms with van der Waals surface area (Å²) in [6.45, 7) is 2.75. The highest BCUT2D eigenvalue weighted by Gasteiger charge is 2.19. The number of rotatable bonds is 6. The standard InChI is InChI=1S/C14H18N4O2S/c1-2-6-15-13(19)14(20)16-10-11(12-5-3-9-21-12)18-8-4-7-17-18/h3-5,7-9,11H,2,6,10H2,1H3,(H,15,19)(H,16,20). The topological polar surface area (TPSA) is 76.0 Å². The van der Waals surface area contributed by atoms with E-state index in [1.165, 1.54) is 0 Å². The lowest BCUT2D eigenvalue weighted by atomic mass is 10.2. The third-order valence-corrected chi connectivity index (χ3v) is 3.89. The minimum atomic E-state index is -0.614. The van der Waals surface area contributed by atoms with Crippen LogP contribution in [0.2, 0.25) is 0 Å². The van der Waals surface area contributed by atoms with E-state index in [0.29, 0.717) is 13.1 Å². The molecule has 0 fully saturated rings. The van der Waals surface area contributed by atoms with Gasteiger partial charge in [-0.05, 0) is 23.9 Å². The van der Waals surface area contributed by atoms with Gasteiger partial charge in [-0.25, -0.2) is 0 Å². The van der Waals surface area contributed by atoms with Crippen LogP contribution in [0.1, 0.15) is 24.3 Å². The van der Waals surface area contributed by atoms with Crippen molar-refractivity contribution < 1.29 is 9.59 Å². The van der Waals surface area contributed by atoms with Crippen molar-refractivity contribution in [3.05, 3.63) is 40.8 Å². The summed E-state index contributed by atoms with van der Waals surface area (Å²) in [6, 6.07) is 5.66. The molecule has 0 bridgehead atoms. The van der Waals surface area contributed by atoms with Crippen molar-refractivity contribution in [1.82, 2.24) is 20.4 Å². The maximum absolute atomic E-state index is 11.7. The molecule has 112 valence electrons. The van der Waals surface area contributed by atoms with Crippen molar-refractivity contribution in [2.45, 2.75) is 19.4 Å². The van der Waals surface area contributed by atoms with Crippen molar-refractivity contribution in [1.29, 1.82) is 0 Å². The van der Waals surface area contributed by atoms with E-state index in [9.17, 15) is 9.59 Å². The molecule has 21 heavy (non-hydrogen) atoms. The molecule has 7 heteroatoms. The second-order valence-corrected chi connectivity index (χ2v) is 5.46. The van der Waals surface area contributed by atoms with Gasteiger partial charge in [0.25, 0.3) is 0 Å². The minimum Gasteiger partial charge on any atom is -0.348 e. The van der Waals surface area contributed by atoms with Crippen LogP contribution in [0.4, 0.5) is 0 Å². The Morgan fingerprint density at radius 3 is 2.76 bits per heavy atom. The van der Waals surface area contributed by atoms with Gasteiger partial charge in [-0.3, -0.25) is 14.3 Å². The quantitative estimate of drug-likeness (QED) is 0.787. The van der Waals surface area contributed by atoms with Crippen LogP contribution in [0, 0.1) is 0 Å². The first-order valence-corrected chi connectivity index (χ1v) is 7.69. The second kappa shape index (κ2) is 7.58. The summed E-state index contributed by atoms with van der Waals surface area (Å²) in [7, 11) is 0. The summed E-state index contributed by atoms with van der Waals surface area (Å²) in [6.07, 6.45) is 4.33. The van der Waals surface area contributed by atoms with Crippen molar-refractivity contribution in [3.8, 4) is 0 Å². The van der Waals surface area contributed by atoms with Crippen LogP contribution in [-0.2, 0) is 9.59 Å². The molecule has 2 amide bonds. The van der Waals surface area contributed by atoms with Gasteiger partial charge in [0, 0.05) is 30.4 Å². The van der Waals surface area contributed by atoms with Crippen LogP contribution in [0.15, 0.2) is 36.0 Å². The molecule has 2 rings (SSSR count). The van der Waals surface area contributed by atoms with Crippen molar-refractivity contribution in [2.24, 2.45) is 0 Å². The van der Waals surface area contributed by atoms with Gasteiger partial charge in [0.1, 0.15) is 6.04 Å². The van der Waals surface area contributed by atoms with Crippen molar-refractivity contribution >= 4 is 23.2 Å². The lowest BCUT2D eigenvalue weighted by Crippen LogP contribution is -2.42. The van der Waals surface area contributed by atoms with E-state index in [4.69, 9.17) is 0 Å². The summed E-state index contributed by atoms with van der Waals surface area (Å²) in [5.74, 6) is -1.21. The Hall–Kier alpha value is -2.15. The zero-order valence-corrected chi connectivity index (χ0v) is 12.6. The van der Waals surface area contributed by atoms with E-state index >= 15 is 0 Å². The lowest BCUT2D eigenvalue weighted by molar-refractivity contribution is -0.139. The summed E-state index contributed by atoms with van der Waals surface area (Å²) in [5.41, 5.74) is 0. The third kappa shape index (κ3) is 4.16. The molecular formula is C14H18N4O2S. The largest absolute Gasteiger partial charge is 0.348 e. The van der Waals surface area contributed by atoms with E-state index in [-0.39, 0.29) is 6.04 Å². The number of aromatic nitrogens is 2. The van der Waals surface area contributed by atoms with Gasteiger partial charge in [0.15, 0.2) is 0 Å². The fraction of sp³-hybridized carbons (Fsp3) is 0.357. The smallest absolute Gasteiger partial charge is 0.309 e. The number of hydrogen-bond acceptors (Lipinski definition) is 4. The average molecular weight is 306 g/mol. The number of amides is 2. The lowest BCUT2D eigenvalue weighted by Gasteiger charge is -2.16. The Morgan fingerprint density at radius 1 is 1.33 bits per heavy atom. The maximum Gasteiger partial charge on any atom is 0.309 e. The molecule has 0 spiro atoms. The van der Waals surface area contributed by atoms with Gasteiger partial charge >= 0.3 is 11.8 Å². The summed E-state index contributed by atoms with van der Waals surface area (Å²) < 4.78 is 1.77. The molecule has 0 saturated carbocycles. The summed E-state index contributed by atoms with van der Waals surface area (Å²) in [4.78, 5) is 24.4. The van der Waals surface area contributed by atoms with Crippen LogP contribution in [0.5, 0.6) is 0 Å². The van der Waals surface area contributed by atoms with Crippen LogP contribution >= 0.6 is 11.3 Å². The molecule has 0 aromatic carbocycles. The fourth-order valence-corrected chi connectivity index (χ4v) is 2.68. The van der Waals surface area contributed by atoms with E-state index < -0.39 is 11.8 Å². The van der Waals surface area contributed by atoms with Crippen LogP contribution < -0.4 is 10.6 Å². The van der Waals surface area contributed by atoms with E-state index in [1.54, 1.807) is 22.2 Å². The first-order valence-electron chi connectivity index (χ1n) is 6.81. The summed E-state index contributed by atoms with van der Waals surface area (Å²) >= 11 is 1.59. The molecule has 0 saturated heterocycles. The zero-order valence-electron chi connectivity index (χ0n) is 11.8. The Labute approximate surface area is 127 Å². The molecule has 6 nitrogen and oxygen atoms in total. The Bertz CT molecular complexity index is 532. The van der Waals surface area contributed by atoms with Gasteiger partial charge in [0.05, 0.1) is 0 Å². The Balaban J connectivity index is 1.97. The van der Waals surface area contributed by atoms with Gasteiger partial charge in [-0.2, -0.15) is 5.10 Å². The molecule has 1 atom stereocenters. The molecule has 0 aliphatic carbocycles. The molecule has 2 N–H and O–H groups in total. The van der Waals surface area contributed by atoms with E-state index in [0.717, 1.165) is 11.3 Å². The second-order valence-electron chi connectivity index (χ2n) is 4.48.